The average molecular weight is 354 g/mol. The highest BCUT2D eigenvalue weighted by molar-refractivity contribution is 6.32. The minimum absolute atomic E-state index is 0. The average Bonchev–Trinajstić information content (AvgIpc) is 2.34. The summed E-state index contributed by atoms with van der Waals surface area (Å²) in [4.78, 5) is 15.9. The second-order valence-electron chi connectivity index (χ2n) is 5.10. The minimum atomic E-state index is -0.243. The third kappa shape index (κ3) is 5.62. The molecular weight excluding hydrogens is 335 g/mol. The Morgan fingerprint density at radius 3 is 2.52 bits per heavy atom. The molecule has 0 spiro atoms. The molecule has 1 N–H and O–H groups in total. The Morgan fingerprint density at radius 2 is 2.05 bits per heavy atom. The number of hydrogen-bond donors (Lipinski definition) is 1. The number of pyridine rings is 1. The third-order valence-corrected chi connectivity index (χ3v) is 4.02. The molecule has 2 rings (SSSR count). The van der Waals surface area contributed by atoms with E-state index >= 15 is 0 Å². The largest absolute Gasteiger partial charge is 0.460 e. The van der Waals surface area contributed by atoms with E-state index in [0.29, 0.717) is 16.2 Å². The number of ether oxygens (including phenoxy) is 1. The van der Waals surface area contributed by atoms with Crippen molar-refractivity contribution in [2.75, 3.05) is 7.05 Å². The van der Waals surface area contributed by atoms with E-state index in [1.165, 1.54) is 19.3 Å². The highest BCUT2D eigenvalue weighted by Crippen LogP contribution is 2.30. The maximum absolute atomic E-state index is 12.0. The van der Waals surface area contributed by atoms with Crippen molar-refractivity contribution in [3.05, 3.63) is 28.0 Å². The monoisotopic (exact) mass is 352 g/mol. The molecule has 1 fully saturated rings. The lowest BCUT2D eigenvalue weighted by molar-refractivity contribution is -0.148. The Bertz CT molecular complexity index is 461. The number of halogens is 3. The summed E-state index contributed by atoms with van der Waals surface area (Å²) in [6.45, 7) is 0.156. The SMILES string of the molecule is CN[C@@H](CC1CCC1)C(=O)OCc1cc(Cl)nc(Cl)c1.Cl. The highest BCUT2D eigenvalue weighted by atomic mass is 35.5. The quantitative estimate of drug-likeness (QED) is 0.627. The smallest absolute Gasteiger partial charge is 0.323 e. The molecule has 0 unspecified atom stereocenters. The first-order valence-corrected chi connectivity index (χ1v) is 7.50. The first kappa shape index (κ1) is 18.5. The molecule has 0 bridgehead atoms. The zero-order valence-corrected chi connectivity index (χ0v) is 14.1. The van der Waals surface area contributed by atoms with Gasteiger partial charge in [-0.2, -0.15) is 0 Å². The van der Waals surface area contributed by atoms with Crippen LogP contribution in [0.5, 0.6) is 0 Å². The van der Waals surface area contributed by atoms with Crippen LogP contribution in [0.1, 0.15) is 31.2 Å². The molecule has 1 aliphatic rings. The molecule has 1 saturated carbocycles. The molecule has 0 aromatic carbocycles. The van der Waals surface area contributed by atoms with Crippen molar-refractivity contribution in [2.45, 2.75) is 38.3 Å². The fraction of sp³-hybridized carbons (Fsp3) is 0.571. The fourth-order valence-electron chi connectivity index (χ4n) is 2.25. The van der Waals surface area contributed by atoms with Gasteiger partial charge in [-0.05, 0) is 37.1 Å². The second kappa shape index (κ2) is 8.79. The van der Waals surface area contributed by atoms with E-state index in [0.717, 1.165) is 12.0 Å². The summed E-state index contributed by atoms with van der Waals surface area (Å²) in [6.07, 6.45) is 4.53. The van der Waals surface area contributed by atoms with Gasteiger partial charge in [-0.25, -0.2) is 4.98 Å². The number of nitrogens with zero attached hydrogens (tertiary/aromatic N) is 1. The van der Waals surface area contributed by atoms with Gasteiger partial charge in [0.15, 0.2) is 0 Å². The van der Waals surface area contributed by atoms with Crippen LogP contribution >= 0.6 is 35.6 Å². The van der Waals surface area contributed by atoms with E-state index in [1.54, 1.807) is 19.2 Å². The molecule has 4 nitrogen and oxygen atoms in total. The van der Waals surface area contributed by atoms with Crippen molar-refractivity contribution in [3.8, 4) is 0 Å². The lowest BCUT2D eigenvalue weighted by atomic mass is 9.81. The van der Waals surface area contributed by atoms with Gasteiger partial charge in [0.2, 0.25) is 0 Å². The van der Waals surface area contributed by atoms with E-state index in [4.69, 9.17) is 27.9 Å². The van der Waals surface area contributed by atoms with Crippen molar-refractivity contribution in [3.63, 3.8) is 0 Å². The molecule has 1 aliphatic carbocycles. The number of likely N-dealkylation sites (N-methyl/N-ethyl adjacent to an activating group) is 1. The van der Waals surface area contributed by atoms with Crippen molar-refractivity contribution >= 4 is 41.6 Å². The van der Waals surface area contributed by atoms with Crippen LogP contribution in [0.4, 0.5) is 0 Å². The number of hydrogen-bond acceptors (Lipinski definition) is 4. The van der Waals surface area contributed by atoms with Gasteiger partial charge in [0.05, 0.1) is 0 Å². The van der Waals surface area contributed by atoms with Crippen LogP contribution in [0.25, 0.3) is 0 Å². The van der Waals surface area contributed by atoms with E-state index in [1.807, 2.05) is 0 Å². The molecule has 1 aromatic rings. The summed E-state index contributed by atoms with van der Waals surface area (Å²) in [7, 11) is 1.78. The predicted octanol–water partition coefficient (Wildman–Crippen LogP) is 3.63. The van der Waals surface area contributed by atoms with Crippen molar-refractivity contribution in [1.29, 1.82) is 0 Å². The number of nitrogens with one attached hydrogen (secondary N) is 1. The van der Waals surface area contributed by atoms with Crippen molar-refractivity contribution in [2.24, 2.45) is 5.92 Å². The summed E-state index contributed by atoms with van der Waals surface area (Å²) < 4.78 is 5.31. The summed E-state index contributed by atoms with van der Waals surface area (Å²) in [5, 5.41) is 3.61. The van der Waals surface area contributed by atoms with Gasteiger partial charge in [0.1, 0.15) is 23.0 Å². The standard InChI is InChI=1S/C14H18Cl2N2O2.ClH/c1-17-11(5-9-3-2-4-9)14(19)20-8-10-6-12(15)18-13(16)7-10;/h6-7,9,11,17H,2-5,8H2,1H3;1H/t11-;/m0./s1. The van der Waals surface area contributed by atoms with Crippen molar-refractivity contribution < 1.29 is 9.53 Å². The zero-order valence-electron chi connectivity index (χ0n) is 11.8. The summed E-state index contributed by atoms with van der Waals surface area (Å²) >= 11 is 11.6. The normalized spacial score (nSPS) is 15.8. The highest BCUT2D eigenvalue weighted by Gasteiger charge is 2.26. The molecule has 1 heterocycles. The molecule has 21 heavy (non-hydrogen) atoms. The van der Waals surface area contributed by atoms with Gasteiger partial charge < -0.3 is 10.1 Å². The first-order valence-electron chi connectivity index (χ1n) is 6.74. The minimum Gasteiger partial charge on any atom is -0.460 e. The van der Waals surface area contributed by atoms with E-state index < -0.39 is 0 Å². The number of aromatic nitrogens is 1. The maximum atomic E-state index is 12.0. The van der Waals surface area contributed by atoms with Gasteiger partial charge in [-0.3, -0.25) is 4.79 Å². The molecule has 118 valence electrons. The topological polar surface area (TPSA) is 51.2 Å². The molecule has 1 aromatic heterocycles. The van der Waals surface area contributed by atoms with Crippen LogP contribution in [0.3, 0.4) is 0 Å². The van der Waals surface area contributed by atoms with E-state index in [-0.39, 0.29) is 31.0 Å². The third-order valence-electron chi connectivity index (χ3n) is 3.63. The number of carbonyl (C=O) groups is 1. The Hall–Kier alpha value is -0.550. The van der Waals surface area contributed by atoms with Crippen LogP contribution in [0, 0.1) is 5.92 Å². The Labute approximate surface area is 141 Å². The summed E-state index contributed by atoms with van der Waals surface area (Å²) in [5.41, 5.74) is 0.738. The first-order chi connectivity index (χ1) is 9.58. The number of carbonyl (C=O) groups excluding carboxylic acids is 1. The van der Waals surface area contributed by atoms with Gasteiger partial charge >= 0.3 is 5.97 Å². The Kier molecular flexibility index (Phi) is 7.74. The van der Waals surface area contributed by atoms with Crippen LogP contribution in [-0.4, -0.2) is 24.0 Å². The number of esters is 1. The lowest BCUT2D eigenvalue weighted by Crippen LogP contribution is -2.38. The van der Waals surface area contributed by atoms with Gasteiger partial charge in [0, 0.05) is 0 Å². The van der Waals surface area contributed by atoms with Gasteiger partial charge in [-0.15, -0.1) is 12.4 Å². The summed E-state index contributed by atoms with van der Waals surface area (Å²) in [6, 6.07) is 3.04. The zero-order chi connectivity index (χ0) is 14.5. The lowest BCUT2D eigenvalue weighted by Gasteiger charge is -2.28. The van der Waals surface area contributed by atoms with E-state index in [9.17, 15) is 4.79 Å². The molecule has 0 aliphatic heterocycles. The van der Waals surface area contributed by atoms with Crippen LogP contribution in [-0.2, 0) is 16.1 Å². The van der Waals surface area contributed by atoms with Gasteiger partial charge in [0.25, 0.3) is 0 Å². The van der Waals surface area contributed by atoms with Crippen LogP contribution in [0.15, 0.2) is 12.1 Å². The van der Waals surface area contributed by atoms with Crippen LogP contribution < -0.4 is 5.32 Å². The Morgan fingerprint density at radius 1 is 1.43 bits per heavy atom. The van der Waals surface area contributed by atoms with Gasteiger partial charge in [-0.1, -0.05) is 42.5 Å². The fourth-order valence-corrected chi connectivity index (χ4v) is 2.75. The predicted molar refractivity (Wildman–Crippen MR) is 86.1 cm³/mol. The molecular formula is C14H19Cl3N2O2. The maximum Gasteiger partial charge on any atom is 0.323 e. The number of rotatable bonds is 6. The van der Waals surface area contributed by atoms with E-state index in [2.05, 4.69) is 10.3 Å². The van der Waals surface area contributed by atoms with Crippen LogP contribution in [0.2, 0.25) is 10.3 Å². The molecule has 0 saturated heterocycles. The molecule has 0 radical (unpaired) electrons. The summed E-state index contributed by atoms with van der Waals surface area (Å²) in [5.74, 6) is 0.410. The molecule has 1 atom stereocenters. The molecule has 7 heteroatoms. The molecule has 0 amide bonds. The second-order valence-corrected chi connectivity index (χ2v) is 5.88. The van der Waals surface area contributed by atoms with Crippen molar-refractivity contribution in [1.82, 2.24) is 10.3 Å². The Balaban J connectivity index is 0.00000220.